The van der Waals surface area contributed by atoms with Gasteiger partial charge in [0, 0.05) is 5.56 Å². The van der Waals surface area contributed by atoms with Gasteiger partial charge in [0.2, 0.25) is 0 Å². The van der Waals surface area contributed by atoms with Crippen molar-refractivity contribution in [1.82, 2.24) is 14.1 Å². The molecule has 5 rings (SSSR count). The third kappa shape index (κ3) is 4.77. The Hall–Kier alpha value is -3.53. The number of nitrogens with zero attached hydrogens (tertiary/aromatic N) is 3. The van der Waals surface area contributed by atoms with Crippen molar-refractivity contribution in [3.63, 3.8) is 0 Å². The minimum atomic E-state index is -0.191. The summed E-state index contributed by atoms with van der Waals surface area (Å²) in [6.07, 6.45) is 0. The van der Waals surface area contributed by atoms with E-state index in [0.717, 1.165) is 5.56 Å². The highest BCUT2D eigenvalue weighted by atomic mass is 32.2. The fourth-order valence-electron chi connectivity index (χ4n) is 3.85. The molecule has 180 valence electrons. The highest BCUT2D eigenvalue weighted by Crippen LogP contribution is 2.30. The lowest BCUT2D eigenvalue weighted by atomic mass is 10.2. The van der Waals surface area contributed by atoms with Gasteiger partial charge in [0.15, 0.2) is 20.5 Å². The van der Waals surface area contributed by atoms with Gasteiger partial charge in [-0.2, -0.15) is 0 Å². The van der Waals surface area contributed by atoms with Gasteiger partial charge in [-0.3, -0.25) is 18.7 Å². The Morgan fingerprint density at radius 1 is 1.00 bits per heavy atom. The zero-order chi connectivity index (χ0) is 25.1. The second-order valence-corrected chi connectivity index (χ2v) is 10.5. The van der Waals surface area contributed by atoms with Crippen LogP contribution in [0.4, 0.5) is 0 Å². The van der Waals surface area contributed by atoms with E-state index < -0.39 is 0 Å². The number of methoxy groups -OCH3 is 1. The second-order valence-electron chi connectivity index (χ2n) is 7.88. The summed E-state index contributed by atoms with van der Waals surface area (Å²) >= 11 is 8.14. The molecule has 0 N–H and O–H groups in total. The SMILES string of the molecule is COc1ccccc1-n1c(=S)sc2c(=O)n(Cc3ccccc3)c(SCC(=O)c3ccccc3)nc21. The van der Waals surface area contributed by atoms with Crippen LogP contribution in [0.2, 0.25) is 0 Å². The number of ether oxygens (including phenoxy) is 1. The second kappa shape index (κ2) is 10.6. The van der Waals surface area contributed by atoms with Crippen LogP contribution in [0.15, 0.2) is 94.9 Å². The van der Waals surface area contributed by atoms with E-state index in [-0.39, 0.29) is 17.1 Å². The third-order valence-corrected chi connectivity index (χ3v) is 7.92. The number of thioether (sulfide) groups is 1. The molecule has 3 aromatic carbocycles. The van der Waals surface area contributed by atoms with Crippen LogP contribution in [0, 0.1) is 3.95 Å². The minimum Gasteiger partial charge on any atom is -0.495 e. The number of hydrogen-bond donors (Lipinski definition) is 0. The van der Waals surface area contributed by atoms with E-state index >= 15 is 0 Å². The quantitative estimate of drug-likeness (QED) is 0.106. The molecule has 2 heterocycles. The molecular formula is C27H21N3O3S3. The van der Waals surface area contributed by atoms with Crippen molar-refractivity contribution in [3.8, 4) is 11.4 Å². The standard InChI is InChI=1S/C27H21N3O3S3/c1-33-22-15-9-8-14-20(22)30-24-23(36-27(30)34)25(32)29(16-18-10-4-2-5-11-18)26(28-24)35-17-21(31)19-12-6-3-7-13-19/h2-15H,16-17H2,1H3. The zero-order valence-corrected chi connectivity index (χ0v) is 21.7. The molecule has 0 radical (unpaired) electrons. The van der Waals surface area contributed by atoms with Gasteiger partial charge < -0.3 is 4.74 Å². The number of rotatable bonds is 8. The maximum atomic E-state index is 13.8. The van der Waals surface area contributed by atoms with Crippen LogP contribution in [-0.4, -0.2) is 32.8 Å². The lowest BCUT2D eigenvalue weighted by molar-refractivity contribution is 0.102. The van der Waals surface area contributed by atoms with Crippen LogP contribution < -0.4 is 10.3 Å². The first kappa shape index (κ1) is 24.2. The topological polar surface area (TPSA) is 66.1 Å². The molecule has 0 atom stereocenters. The largest absolute Gasteiger partial charge is 0.495 e. The highest BCUT2D eigenvalue weighted by molar-refractivity contribution is 7.99. The predicted molar refractivity (Wildman–Crippen MR) is 148 cm³/mol. The van der Waals surface area contributed by atoms with Crippen LogP contribution in [-0.2, 0) is 6.54 Å². The number of Topliss-reactive ketones (excluding diaryl/α,β-unsaturated/α-hetero) is 1. The fraction of sp³-hybridized carbons (Fsp3) is 0.111. The van der Waals surface area contributed by atoms with E-state index in [1.165, 1.54) is 23.1 Å². The molecule has 6 nitrogen and oxygen atoms in total. The Labute approximate surface area is 220 Å². The summed E-state index contributed by atoms with van der Waals surface area (Å²) in [5.74, 6) is 0.737. The lowest BCUT2D eigenvalue weighted by Crippen LogP contribution is -2.24. The van der Waals surface area contributed by atoms with Gasteiger partial charge in [-0.1, -0.05) is 95.9 Å². The molecule has 0 fully saturated rings. The molecule has 0 unspecified atom stereocenters. The first-order chi connectivity index (χ1) is 17.6. The maximum Gasteiger partial charge on any atom is 0.274 e. The van der Waals surface area contributed by atoms with E-state index in [1.807, 2.05) is 72.8 Å². The molecule has 0 spiro atoms. The molecule has 0 bridgehead atoms. The highest BCUT2D eigenvalue weighted by Gasteiger charge is 2.20. The van der Waals surface area contributed by atoms with Gasteiger partial charge in [0.25, 0.3) is 5.56 Å². The summed E-state index contributed by atoms with van der Waals surface area (Å²) in [6, 6.07) is 26.3. The zero-order valence-electron chi connectivity index (χ0n) is 19.3. The molecule has 0 amide bonds. The van der Waals surface area contributed by atoms with Crippen molar-refractivity contribution in [2.45, 2.75) is 11.7 Å². The fourth-order valence-corrected chi connectivity index (χ4v) is 6.04. The number of para-hydroxylation sites is 2. The molecule has 0 saturated carbocycles. The predicted octanol–water partition coefficient (Wildman–Crippen LogP) is 6.01. The van der Waals surface area contributed by atoms with Crippen LogP contribution in [0.3, 0.4) is 0 Å². The number of benzene rings is 3. The molecule has 0 saturated heterocycles. The van der Waals surface area contributed by atoms with Crippen LogP contribution in [0.1, 0.15) is 15.9 Å². The summed E-state index contributed by atoms with van der Waals surface area (Å²) in [5, 5.41) is 0.456. The number of aromatic nitrogens is 3. The summed E-state index contributed by atoms with van der Waals surface area (Å²) in [7, 11) is 1.59. The summed E-state index contributed by atoms with van der Waals surface area (Å²) in [6.45, 7) is 0.337. The monoisotopic (exact) mass is 531 g/mol. The van der Waals surface area contributed by atoms with E-state index in [4.69, 9.17) is 21.9 Å². The van der Waals surface area contributed by atoms with Crippen molar-refractivity contribution < 1.29 is 9.53 Å². The van der Waals surface area contributed by atoms with E-state index in [9.17, 15) is 9.59 Å². The molecule has 5 aromatic rings. The van der Waals surface area contributed by atoms with Crippen LogP contribution >= 0.6 is 35.3 Å². The molecule has 9 heteroatoms. The average Bonchev–Trinajstić information content (AvgIpc) is 3.25. The molecule has 2 aromatic heterocycles. The number of hydrogen-bond acceptors (Lipinski definition) is 7. The molecule has 0 aliphatic rings. The van der Waals surface area contributed by atoms with Crippen LogP contribution in [0.5, 0.6) is 5.75 Å². The van der Waals surface area contributed by atoms with Crippen molar-refractivity contribution in [3.05, 3.63) is 110 Å². The van der Waals surface area contributed by atoms with Crippen molar-refractivity contribution in [1.29, 1.82) is 0 Å². The van der Waals surface area contributed by atoms with Crippen molar-refractivity contribution >= 4 is 51.4 Å². The Bertz CT molecular complexity index is 1660. The molecular weight excluding hydrogens is 511 g/mol. The van der Waals surface area contributed by atoms with E-state index in [2.05, 4.69) is 0 Å². The first-order valence-corrected chi connectivity index (χ1v) is 13.3. The smallest absolute Gasteiger partial charge is 0.274 e. The average molecular weight is 532 g/mol. The van der Waals surface area contributed by atoms with Gasteiger partial charge in [-0.05, 0) is 29.9 Å². The Kier molecular flexibility index (Phi) is 7.13. The van der Waals surface area contributed by atoms with Crippen molar-refractivity contribution in [2.24, 2.45) is 0 Å². The number of ketones is 1. The normalized spacial score (nSPS) is 11.0. The van der Waals surface area contributed by atoms with E-state index in [1.54, 1.807) is 28.4 Å². The Morgan fingerprint density at radius 3 is 2.39 bits per heavy atom. The van der Waals surface area contributed by atoms with Gasteiger partial charge in [-0.15, -0.1) is 0 Å². The van der Waals surface area contributed by atoms with Gasteiger partial charge in [0.1, 0.15) is 10.4 Å². The number of thiazole rings is 1. The number of fused-ring (bicyclic) bond motifs is 1. The van der Waals surface area contributed by atoms with Gasteiger partial charge >= 0.3 is 0 Å². The minimum absolute atomic E-state index is 0.0342. The number of carbonyl (C=O) groups excluding carboxylic acids is 1. The lowest BCUT2D eigenvalue weighted by Gasteiger charge is -2.14. The maximum absolute atomic E-state index is 13.8. The van der Waals surface area contributed by atoms with Crippen molar-refractivity contribution in [2.75, 3.05) is 12.9 Å². The van der Waals surface area contributed by atoms with Gasteiger partial charge in [0.05, 0.1) is 25.1 Å². The summed E-state index contributed by atoms with van der Waals surface area (Å²) in [5.41, 5.74) is 2.56. The van der Waals surface area contributed by atoms with Crippen LogP contribution in [0.25, 0.3) is 16.0 Å². The molecule has 0 aliphatic heterocycles. The van der Waals surface area contributed by atoms with Gasteiger partial charge in [-0.25, -0.2) is 4.98 Å². The Morgan fingerprint density at radius 2 is 1.67 bits per heavy atom. The summed E-state index contributed by atoms with van der Waals surface area (Å²) < 4.78 is 9.89. The third-order valence-electron chi connectivity index (χ3n) is 5.60. The van der Waals surface area contributed by atoms with E-state index in [0.29, 0.717) is 43.0 Å². The molecule has 36 heavy (non-hydrogen) atoms. The molecule has 0 aliphatic carbocycles. The summed E-state index contributed by atoms with van der Waals surface area (Å²) in [4.78, 5) is 31.5. The first-order valence-electron chi connectivity index (χ1n) is 11.1. The number of carbonyl (C=O) groups is 1. The Balaban J connectivity index is 1.65.